The van der Waals surface area contributed by atoms with Crippen molar-refractivity contribution in [2.45, 2.75) is 52.7 Å². The molecule has 2 aromatic rings. The highest BCUT2D eigenvalue weighted by molar-refractivity contribution is 7.12. The molecule has 31 heavy (non-hydrogen) atoms. The van der Waals surface area contributed by atoms with Crippen LogP contribution in [0.3, 0.4) is 0 Å². The summed E-state index contributed by atoms with van der Waals surface area (Å²) in [5.74, 6) is -1.76. The molecule has 8 nitrogen and oxygen atoms in total. The number of hydrogen-bond acceptors (Lipinski definition) is 7. The Morgan fingerprint density at radius 3 is 2.68 bits per heavy atom. The van der Waals surface area contributed by atoms with Crippen molar-refractivity contribution < 1.29 is 28.7 Å². The zero-order chi connectivity index (χ0) is 22.7. The third-order valence-electron chi connectivity index (χ3n) is 5.34. The van der Waals surface area contributed by atoms with E-state index >= 15 is 0 Å². The number of Topliss-reactive ketones (excluding diaryl/α,β-unsaturated/α-hetero) is 1. The molecule has 0 radical (unpaired) electrons. The maximum Gasteiger partial charge on any atom is 0.340 e. The minimum atomic E-state index is -1.07. The highest BCUT2D eigenvalue weighted by Crippen LogP contribution is 2.25. The molecule has 1 aliphatic rings. The SMILES string of the molecule is CCOC(=O)c1c(C)[nH]c(C(=O)[C@H](C)OC(=O)[C@@H]2CCCN2C(=O)c2cccs2)c1C. The molecule has 1 aliphatic heterocycles. The number of aromatic amines is 1. The first kappa shape index (κ1) is 22.7. The number of likely N-dealkylation sites (tertiary alicyclic amines) is 1. The first-order valence-electron chi connectivity index (χ1n) is 10.2. The third-order valence-corrected chi connectivity index (χ3v) is 6.20. The summed E-state index contributed by atoms with van der Waals surface area (Å²) in [7, 11) is 0. The van der Waals surface area contributed by atoms with Crippen LogP contribution in [0.25, 0.3) is 0 Å². The lowest BCUT2D eigenvalue weighted by molar-refractivity contribution is -0.150. The number of hydrogen-bond donors (Lipinski definition) is 1. The van der Waals surface area contributed by atoms with Gasteiger partial charge in [0.25, 0.3) is 5.91 Å². The fourth-order valence-electron chi connectivity index (χ4n) is 3.81. The largest absolute Gasteiger partial charge is 0.462 e. The van der Waals surface area contributed by atoms with Crippen LogP contribution in [0.4, 0.5) is 0 Å². The van der Waals surface area contributed by atoms with E-state index in [9.17, 15) is 19.2 Å². The van der Waals surface area contributed by atoms with Crippen molar-refractivity contribution >= 4 is 35.0 Å². The van der Waals surface area contributed by atoms with E-state index < -0.39 is 29.9 Å². The number of carbonyl (C=O) groups excluding carboxylic acids is 4. The van der Waals surface area contributed by atoms with Gasteiger partial charge in [0.05, 0.1) is 22.7 Å². The Kier molecular flexibility index (Phi) is 6.94. The molecule has 1 fully saturated rings. The Labute approximate surface area is 184 Å². The van der Waals surface area contributed by atoms with Gasteiger partial charge in [0, 0.05) is 12.2 Å². The molecule has 3 rings (SSSR count). The zero-order valence-electron chi connectivity index (χ0n) is 18.0. The summed E-state index contributed by atoms with van der Waals surface area (Å²) in [4.78, 5) is 55.5. The maximum absolute atomic E-state index is 12.9. The van der Waals surface area contributed by atoms with E-state index in [-0.39, 0.29) is 18.2 Å². The minimum Gasteiger partial charge on any atom is -0.462 e. The van der Waals surface area contributed by atoms with Gasteiger partial charge < -0.3 is 19.4 Å². The molecular weight excluding hydrogens is 420 g/mol. The van der Waals surface area contributed by atoms with Gasteiger partial charge in [0.1, 0.15) is 6.04 Å². The summed E-state index contributed by atoms with van der Waals surface area (Å²) >= 11 is 1.32. The molecule has 0 saturated carbocycles. The summed E-state index contributed by atoms with van der Waals surface area (Å²) in [6, 6.07) is 2.79. The van der Waals surface area contributed by atoms with E-state index in [2.05, 4.69) is 4.98 Å². The molecule has 1 N–H and O–H groups in total. The molecular formula is C22H26N2O6S. The van der Waals surface area contributed by atoms with Gasteiger partial charge in [-0.1, -0.05) is 6.07 Å². The highest BCUT2D eigenvalue weighted by atomic mass is 32.1. The summed E-state index contributed by atoms with van der Waals surface area (Å²) in [5, 5.41) is 1.81. The van der Waals surface area contributed by atoms with Crippen molar-refractivity contribution in [2.24, 2.45) is 0 Å². The van der Waals surface area contributed by atoms with Crippen LogP contribution in [0.5, 0.6) is 0 Å². The summed E-state index contributed by atoms with van der Waals surface area (Å²) < 4.78 is 10.5. The molecule has 2 atom stereocenters. The van der Waals surface area contributed by atoms with E-state index in [1.807, 2.05) is 5.38 Å². The second-order valence-electron chi connectivity index (χ2n) is 7.42. The molecule has 0 spiro atoms. The predicted molar refractivity (Wildman–Crippen MR) is 114 cm³/mol. The van der Waals surface area contributed by atoms with Gasteiger partial charge in [-0.05, 0) is 57.5 Å². The number of nitrogens with one attached hydrogen (secondary N) is 1. The number of H-pyrrole nitrogens is 1. The van der Waals surface area contributed by atoms with Gasteiger partial charge in [-0.3, -0.25) is 9.59 Å². The molecule has 0 aromatic carbocycles. The average molecular weight is 447 g/mol. The lowest BCUT2D eigenvalue weighted by Crippen LogP contribution is -2.42. The molecule has 0 bridgehead atoms. The van der Waals surface area contributed by atoms with Crippen LogP contribution >= 0.6 is 11.3 Å². The van der Waals surface area contributed by atoms with Crippen LogP contribution in [-0.4, -0.2) is 58.8 Å². The van der Waals surface area contributed by atoms with Crippen molar-refractivity contribution in [1.29, 1.82) is 0 Å². The van der Waals surface area contributed by atoms with E-state index in [1.165, 1.54) is 23.2 Å². The number of ether oxygens (including phenoxy) is 2. The van der Waals surface area contributed by atoms with Gasteiger partial charge in [0.2, 0.25) is 5.78 Å². The van der Waals surface area contributed by atoms with Gasteiger partial charge in [-0.15, -0.1) is 11.3 Å². The third kappa shape index (κ3) is 4.56. The zero-order valence-corrected chi connectivity index (χ0v) is 18.8. The van der Waals surface area contributed by atoms with Crippen LogP contribution < -0.4 is 0 Å². The number of rotatable bonds is 7. The van der Waals surface area contributed by atoms with Crippen LogP contribution in [0.2, 0.25) is 0 Å². The number of thiophene rings is 1. The Balaban J connectivity index is 1.71. The van der Waals surface area contributed by atoms with Crippen molar-refractivity contribution in [3.63, 3.8) is 0 Å². The Bertz CT molecular complexity index is 994. The summed E-state index contributed by atoms with van der Waals surface area (Å²) in [6.07, 6.45) is 0.111. The van der Waals surface area contributed by atoms with E-state index in [1.54, 1.807) is 32.9 Å². The molecule has 1 saturated heterocycles. The molecule has 2 aromatic heterocycles. The number of carbonyl (C=O) groups is 4. The fourth-order valence-corrected chi connectivity index (χ4v) is 4.49. The number of aromatic nitrogens is 1. The second-order valence-corrected chi connectivity index (χ2v) is 8.37. The quantitative estimate of drug-likeness (QED) is 0.517. The topological polar surface area (TPSA) is 106 Å². The lowest BCUT2D eigenvalue weighted by Gasteiger charge is -2.24. The van der Waals surface area contributed by atoms with Crippen molar-refractivity contribution in [3.8, 4) is 0 Å². The molecule has 0 unspecified atom stereocenters. The maximum atomic E-state index is 12.9. The molecule has 3 heterocycles. The number of amides is 1. The summed E-state index contributed by atoms with van der Waals surface area (Å²) in [5.41, 5.74) is 1.49. The van der Waals surface area contributed by atoms with Crippen LogP contribution in [0.1, 0.15) is 68.5 Å². The summed E-state index contributed by atoms with van der Waals surface area (Å²) in [6.45, 7) is 7.22. The van der Waals surface area contributed by atoms with Crippen LogP contribution in [0.15, 0.2) is 17.5 Å². The monoisotopic (exact) mass is 446 g/mol. The molecule has 0 aliphatic carbocycles. The van der Waals surface area contributed by atoms with Crippen LogP contribution in [-0.2, 0) is 14.3 Å². The lowest BCUT2D eigenvalue weighted by atomic mass is 10.1. The Morgan fingerprint density at radius 1 is 1.29 bits per heavy atom. The number of nitrogens with zero attached hydrogens (tertiary/aromatic N) is 1. The van der Waals surface area contributed by atoms with Gasteiger partial charge in [-0.25, -0.2) is 9.59 Å². The van der Waals surface area contributed by atoms with Crippen LogP contribution in [0, 0.1) is 13.8 Å². The van der Waals surface area contributed by atoms with Crippen molar-refractivity contribution in [3.05, 3.63) is 44.9 Å². The Morgan fingerprint density at radius 2 is 2.03 bits per heavy atom. The van der Waals surface area contributed by atoms with Gasteiger partial charge >= 0.3 is 11.9 Å². The molecule has 1 amide bonds. The van der Waals surface area contributed by atoms with Gasteiger partial charge in [0.15, 0.2) is 6.10 Å². The molecule has 166 valence electrons. The van der Waals surface area contributed by atoms with E-state index in [0.29, 0.717) is 41.1 Å². The van der Waals surface area contributed by atoms with E-state index in [0.717, 1.165) is 0 Å². The number of ketones is 1. The van der Waals surface area contributed by atoms with Crippen molar-refractivity contribution in [2.75, 3.05) is 13.2 Å². The second kappa shape index (κ2) is 9.47. The average Bonchev–Trinajstić information content (AvgIpc) is 3.47. The first-order valence-corrected chi connectivity index (χ1v) is 11.1. The minimum absolute atomic E-state index is 0.205. The first-order chi connectivity index (χ1) is 14.8. The van der Waals surface area contributed by atoms with Gasteiger partial charge in [-0.2, -0.15) is 0 Å². The predicted octanol–water partition coefficient (Wildman–Crippen LogP) is 3.29. The normalized spacial score (nSPS) is 16.8. The highest BCUT2D eigenvalue weighted by Gasteiger charge is 2.38. The fraction of sp³-hybridized carbons (Fsp3) is 0.455. The Hall–Kier alpha value is -2.94. The number of esters is 2. The van der Waals surface area contributed by atoms with E-state index in [4.69, 9.17) is 9.47 Å². The standard InChI is InChI=1S/C22H26N2O6S/c1-5-29-22(28)17-12(2)18(23-13(17)3)19(25)14(4)30-21(27)15-8-6-10-24(15)20(26)16-9-7-11-31-16/h7,9,11,14-15,23H,5-6,8,10H2,1-4H3/t14-,15-/m0/s1. The molecule has 9 heteroatoms. The van der Waals surface area contributed by atoms with Crippen molar-refractivity contribution in [1.82, 2.24) is 9.88 Å². The smallest absolute Gasteiger partial charge is 0.340 e. The number of aryl methyl sites for hydroxylation is 1.